The van der Waals surface area contributed by atoms with Gasteiger partial charge in [-0.3, -0.25) is 20.2 Å². The van der Waals surface area contributed by atoms with Gasteiger partial charge in [0.15, 0.2) is 11.9 Å². The number of rotatable bonds is 11. The Kier molecular flexibility index (Phi) is 8.81. The summed E-state index contributed by atoms with van der Waals surface area (Å²) in [7, 11) is 0. The maximum Gasteiger partial charge on any atom is 0.378 e. The number of nitro groups is 2. The summed E-state index contributed by atoms with van der Waals surface area (Å²) in [5, 5.41) is 32.4. The third-order valence-electron chi connectivity index (χ3n) is 4.92. The second-order valence-corrected chi connectivity index (χ2v) is 7.94. The van der Waals surface area contributed by atoms with Crippen LogP contribution in [-0.4, -0.2) is 51.3 Å². The van der Waals surface area contributed by atoms with E-state index in [9.17, 15) is 34.9 Å². The molecule has 0 spiro atoms. The predicted molar refractivity (Wildman–Crippen MR) is 124 cm³/mol. The Morgan fingerprint density at radius 3 is 2.08 bits per heavy atom. The lowest BCUT2D eigenvalue weighted by Gasteiger charge is -2.20. The average Bonchev–Trinajstić information content (AvgIpc) is 3.19. The molecular weight excluding hydrogens is 500 g/mol. The number of nitrogens with zero attached hydrogens (tertiary/aromatic N) is 2. The summed E-state index contributed by atoms with van der Waals surface area (Å²) < 4.78 is 21.2. The van der Waals surface area contributed by atoms with Crippen molar-refractivity contribution in [3.8, 4) is 0 Å². The van der Waals surface area contributed by atoms with Crippen LogP contribution in [0.5, 0.6) is 0 Å². The minimum atomic E-state index is -1.56. The van der Waals surface area contributed by atoms with Crippen molar-refractivity contribution in [3.05, 3.63) is 91.4 Å². The van der Waals surface area contributed by atoms with Gasteiger partial charge in [-0.25, -0.2) is 9.59 Å². The van der Waals surface area contributed by atoms with Gasteiger partial charge in [0.05, 0.1) is 21.0 Å². The Morgan fingerprint density at radius 2 is 1.56 bits per heavy atom. The lowest BCUT2D eigenvalue weighted by Crippen LogP contribution is -2.34. The van der Waals surface area contributed by atoms with Crippen LogP contribution < -0.4 is 0 Å². The Balaban J connectivity index is 1.89. The van der Waals surface area contributed by atoms with Gasteiger partial charge in [0, 0.05) is 12.1 Å². The molecule has 0 fully saturated rings. The van der Waals surface area contributed by atoms with Crippen molar-refractivity contribution >= 4 is 34.4 Å². The molecule has 0 aliphatic carbocycles. The average molecular weight is 520 g/mol. The number of nitro benzene ring substituents is 2. The molecule has 2 aromatic rings. The van der Waals surface area contributed by atoms with E-state index in [0.29, 0.717) is 0 Å². The fourth-order valence-electron chi connectivity index (χ4n) is 3.21. The molecule has 1 N–H and O–H groups in total. The molecule has 1 heterocycles. The highest BCUT2D eigenvalue weighted by Crippen LogP contribution is 2.31. The first kappa shape index (κ1) is 26.4. The van der Waals surface area contributed by atoms with Gasteiger partial charge in [-0.15, -0.1) is 0 Å². The van der Waals surface area contributed by atoms with E-state index in [1.807, 2.05) is 0 Å². The minimum Gasteiger partial charge on any atom is -0.485 e. The number of hydrogen-bond acceptors (Lipinski definition) is 12. The quantitative estimate of drug-likeness (QED) is 0.260. The van der Waals surface area contributed by atoms with Crippen molar-refractivity contribution in [1.82, 2.24) is 0 Å². The summed E-state index contributed by atoms with van der Waals surface area (Å²) in [4.78, 5) is 45.4. The number of para-hydroxylation sites is 2. The summed E-state index contributed by atoms with van der Waals surface area (Å²) >= 11 is 0.766. The third-order valence-corrected chi connectivity index (χ3v) is 5.37. The molecule has 3 rings (SSSR count). The molecule has 0 bridgehead atoms. The van der Waals surface area contributed by atoms with E-state index in [0.717, 1.165) is 11.8 Å². The molecule has 2 atom stereocenters. The minimum absolute atomic E-state index is 0.152. The second kappa shape index (κ2) is 12.0. The van der Waals surface area contributed by atoms with Crippen molar-refractivity contribution < 1.29 is 43.5 Å². The summed E-state index contributed by atoms with van der Waals surface area (Å²) in [6.07, 6.45) is -1.55. The summed E-state index contributed by atoms with van der Waals surface area (Å²) in [5.74, 6) is -1.82. The molecule has 2 aromatic carbocycles. The molecule has 190 valence electrons. The Hall–Kier alpha value is -4.17. The maximum atomic E-state index is 12.6. The smallest absolute Gasteiger partial charge is 0.378 e. The van der Waals surface area contributed by atoms with E-state index in [-0.39, 0.29) is 28.3 Å². The highest BCUT2D eigenvalue weighted by Gasteiger charge is 2.43. The zero-order chi connectivity index (χ0) is 26.2. The Labute approximate surface area is 207 Å². The van der Waals surface area contributed by atoms with E-state index >= 15 is 0 Å². The van der Waals surface area contributed by atoms with E-state index in [1.165, 1.54) is 42.7 Å². The van der Waals surface area contributed by atoms with Gasteiger partial charge in [-0.1, -0.05) is 24.3 Å². The molecule has 0 saturated carbocycles. The summed E-state index contributed by atoms with van der Waals surface area (Å²) in [6, 6.07) is 11.4. The number of thioether (sulfide) groups is 1. The van der Waals surface area contributed by atoms with Gasteiger partial charge in [-0.05, 0) is 30.2 Å². The second-order valence-electron chi connectivity index (χ2n) is 7.20. The van der Waals surface area contributed by atoms with Crippen molar-refractivity contribution in [2.24, 2.45) is 0 Å². The number of aliphatic hydroxyl groups excluding tert-OH is 1. The van der Waals surface area contributed by atoms with E-state index < -0.39 is 58.9 Å². The number of cyclic esters (lactones) is 1. The lowest BCUT2D eigenvalue weighted by molar-refractivity contribution is -0.386. The number of hydrogen-bond donors (Lipinski definition) is 1. The molecule has 1 aliphatic heterocycles. The predicted octanol–water partition coefficient (Wildman–Crippen LogP) is 3.23. The molecular formula is C22H20N2O11S. The van der Waals surface area contributed by atoms with Crippen LogP contribution in [0.3, 0.4) is 0 Å². The molecule has 1 aliphatic rings. The molecule has 2 unspecified atom stereocenters. The first-order valence-corrected chi connectivity index (χ1v) is 11.5. The van der Waals surface area contributed by atoms with Gasteiger partial charge >= 0.3 is 11.3 Å². The molecule has 0 saturated heterocycles. The third kappa shape index (κ3) is 6.28. The molecule has 0 radical (unpaired) electrons. The van der Waals surface area contributed by atoms with Crippen LogP contribution in [0.25, 0.3) is 0 Å². The molecule has 14 heteroatoms. The van der Waals surface area contributed by atoms with Crippen LogP contribution in [0, 0.1) is 20.2 Å². The first-order valence-electron chi connectivity index (χ1n) is 10.3. The van der Waals surface area contributed by atoms with Crippen LogP contribution in [0.1, 0.15) is 11.1 Å². The van der Waals surface area contributed by atoms with Crippen LogP contribution in [-0.2, 0) is 37.0 Å². The normalized spacial score (nSPS) is 15.7. The lowest BCUT2D eigenvalue weighted by atomic mass is 10.1. The number of ether oxygens (including phenoxy) is 4. The van der Waals surface area contributed by atoms with Crippen LogP contribution in [0.4, 0.5) is 16.2 Å². The van der Waals surface area contributed by atoms with Gasteiger partial charge in [0.2, 0.25) is 5.76 Å². The molecule has 13 nitrogen and oxygen atoms in total. The zero-order valence-electron chi connectivity index (χ0n) is 18.7. The molecule has 0 aromatic heterocycles. The molecule has 0 amide bonds. The summed E-state index contributed by atoms with van der Waals surface area (Å²) in [6.45, 7) is -1.35. The number of benzene rings is 2. The number of carbonyl (C=O) groups is 2. The van der Waals surface area contributed by atoms with Gasteiger partial charge in [-0.2, -0.15) is 0 Å². The van der Waals surface area contributed by atoms with Crippen molar-refractivity contribution in [2.45, 2.75) is 25.4 Å². The van der Waals surface area contributed by atoms with Crippen LogP contribution in [0.15, 0.2) is 60.0 Å². The van der Waals surface area contributed by atoms with Crippen molar-refractivity contribution in [2.75, 3.05) is 12.9 Å². The van der Waals surface area contributed by atoms with Gasteiger partial charge in [0.1, 0.15) is 25.9 Å². The highest BCUT2D eigenvalue weighted by molar-refractivity contribution is 8.12. The standard InChI is InChI=1S/C22H20N2O11S/c1-36-22(27)34-12-17(25)18-19(32-10-13-6-2-4-8-15(13)23(28)29)20(21(26)35-18)33-11-14-7-3-5-9-16(14)24(30)31/h2-9,17-18,25H,10-12H2,1H3. The Morgan fingerprint density at radius 1 is 1.03 bits per heavy atom. The fourth-order valence-corrected chi connectivity index (χ4v) is 3.40. The monoisotopic (exact) mass is 520 g/mol. The number of aliphatic hydroxyl groups is 1. The van der Waals surface area contributed by atoms with Crippen LogP contribution >= 0.6 is 11.8 Å². The van der Waals surface area contributed by atoms with Crippen molar-refractivity contribution in [1.29, 1.82) is 0 Å². The van der Waals surface area contributed by atoms with Gasteiger partial charge in [0.25, 0.3) is 11.4 Å². The van der Waals surface area contributed by atoms with E-state index in [1.54, 1.807) is 12.1 Å². The van der Waals surface area contributed by atoms with Gasteiger partial charge < -0.3 is 24.1 Å². The first-order chi connectivity index (χ1) is 17.2. The number of esters is 1. The largest absolute Gasteiger partial charge is 0.485 e. The van der Waals surface area contributed by atoms with E-state index in [4.69, 9.17) is 18.9 Å². The van der Waals surface area contributed by atoms with Crippen molar-refractivity contribution in [3.63, 3.8) is 0 Å². The summed E-state index contributed by atoms with van der Waals surface area (Å²) in [5.41, 5.74) is -0.169. The number of carbonyl (C=O) groups excluding carboxylic acids is 2. The highest BCUT2D eigenvalue weighted by atomic mass is 32.2. The van der Waals surface area contributed by atoms with E-state index in [2.05, 4.69) is 0 Å². The zero-order valence-corrected chi connectivity index (χ0v) is 19.5. The SMILES string of the molecule is CSC(=O)OCC(O)C1OC(=O)C(OCc2ccccc2[N+](=O)[O-])=C1OCc1ccccc1[N+](=O)[O-]. The molecule has 36 heavy (non-hydrogen) atoms. The fraction of sp³-hybridized carbons (Fsp3) is 0.273. The topological polar surface area (TPSA) is 178 Å². The maximum absolute atomic E-state index is 12.6. The van der Waals surface area contributed by atoms with Crippen LogP contribution in [0.2, 0.25) is 0 Å². The Bertz CT molecular complexity index is 1200.